The highest BCUT2D eigenvalue weighted by Crippen LogP contribution is 2.29. The lowest BCUT2D eigenvalue weighted by Crippen LogP contribution is -2.04. The van der Waals surface area contributed by atoms with Crippen LogP contribution in [-0.4, -0.2) is 14.2 Å². The van der Waals surface area contributed by atoms with E-state index in [9.17, 15) is 4.39 Å². The summed E-state index contributed by atoms with van der Waals surface area (Å²) in [5.74, 6) is 0.650. The lowest BCUT2D eigenvalue weighted by atomic mass is 10.0. The van der Waals surface area contributed by atoms with E-state index in [0.29, 0.717) is 6.61 Å². The predicted molar refractivity (Wildman–Crippen MR) is 103 cm³/mol. The molecule has 0 radical (unpaired) electrons. The molecule has 0 aliphatic carbocycles. The minimum absolute atomic E-state index is 0.239. The van der Waals surface area contributed by atoms with Crippen molar-refractivity contribution in [3.63, 3.8) is 0 Å². The SMILES string of the molecule is CNc1cccc(C)c1COc1cc(-c2ccc(OC)cc2)ccc1F. The maximum absolute atomic E-state index is 14.2. The zero-order chi connectivity index (χ0) is 18.5. The Bertz CT molecular complexity index is 891. The molecule has 3 nitrogen and oxygen atoms in total. The van der Waals surface area contributed by atoms with Gasteiger partial charge in [-0.15, -0.1) is 0 Å². The average molecular weight is 351 g/mol. The minimum Gasteiger partial charge on any atom is -0.497 e. The number of benzene rings is 3. The van der Waals surface area contributed by atoms with E-state index < -0.39 is 0 Å². The number of anilines is 1. The number of hydrogen-bond acceptors (Lipinski definition) is 3. The van der Waals surface area contributed by atoms with Gasteiger partial charge in [-0.05, 0) is 53.9 Å². The zero-order valence-electron chi connectivity index (χ0n) is 15.2. The predicted octanol–water partition coefficient (Wildman–Crippen LogP) is 5.43. The lowest BCUT2D eigenvalue weighted by Gasteiger charge is -2.14. The topological polar surface area (TPSA) is 30.5 Å². The van der Waals surface area contributed by atoms with Crippen LogP contribution in [0.4, 0.5) is 10.1 Å². The standard InChI is InChI=1S/C22H22FNO2/c1-15-5-4-6-21(24-2)19(15)14-26-22-13-17(9-12-20(22)23)16-7-10-18(25-3)11-8-16/h4-13,24H,14H2,1-3H3. The Labute approximate surface area is 153 Å². The van der Waals surface area contributed by atoms with E-state index >= 15 is 0 Å². The Morgan fingerprint density at radius 2 is 1.69 bits per heavy atom. The van der Waals surface area contributed by atoms with E-state index in [-0.39, 0.29) is 11.6 Å². The van der Waals surface area contributed by atoms with E-state index in [0.717, 1.165) is 33.7 Å². The Balaban J connectivity index is 1.84. The number of nitrogens with one attached hydrogen (secondary N) is 1. The second-order valence-electron chi connectivity index (χ2n) is 6.01. The highest BCUT2D eigenvalue weighted by atomic mass is 19.1. The first-order chi connectivity index (χ1) is 12.6. The van der Waals surface area contributed by atoms with Gasteiger partial charge in [0.05, 0.1) is 7.11 Å². The van der Waals surface area contributed by atoms with Crippen molar-refractivity contribution in [3.05, 3.63) is 77.6 Å². The van der Waals surface area contributed by atoms with Crippen LogP contribution in [0.3, 0.4) is 0 Å². The monoisotopic (exact) mass is 351 g/mol. The quantitative estimate of drug-likeness (QED) is 0.642. The molecule has 134 valence electrons. The van der Waals surface area contributed by atoms with E-state index in [1.807, 2.05) is 56.4 Å². The molecule has 4 heteroatoms. The van der Waals surface area contributed by atoms with Crippen molar-refractivity contribution in [3.8, 4) is 22.6 Å². The van der Waals surface area contributed by atoms with Crippen molar-refractivity contribution in [2.45, 2.75) is 13.5 Å². The summed E-state index contributed by atoms with van der Waals surface area (Å²) in [5.41, 5.74) is 4.97. The third-order valence-electron chi connectivity index (χ3n) is 4.41. The molecule has 0 amide bonds. The number of halogens is 1. The Morgan fingerprint density at radius 1 is 0.962 bits per heavy atom. The number of methoxy groups -OCH3 is 1. The summed E-state index contributed by atoms with van der Waals surface area (Å²) < 4.78 is 25.2. The van der Waals surface area contributed by atoms with E-state index in [4.69, 9.17) is 9.47 Å². The fraction of sp³-hybridized carbons (Fsp3) is 0.182. The largest absolute Gasteiger partial charge is 0.497 e. The first-order valence-electron chi connectivity index (χ1n) is 8.45. The van der Waals surface area contributed by atoms with Gasteiger partial charge in [0.1, 0.15) is 12.4 Å². The molecule has 0 saturated carbocycles. The number of ether oxygens (including phenoxy) is 2. The van der Waals surface area contributed by atoms with Crippen molar-refractivity contribution in [2.24, 2.45) is 0 Å². The summed E-state index contributed by atoms with van der Waals surface area (Å²) >= 11 is 0. The number of aryl methyl sites for hydroxylation is 1. The summed E-state index contributed by atoms with van der Waals surface area (Å²) in [4.78, 5) is 0. The van der Waals surface area contributed by atoms with Gasteiger partial charge in [-0.3, -0.25) is 0 Å². The summed E-state index contributed by atoms with van der Waals surface area (Å²) in [7, 11) is 3.49. The molecule has 0 fully saturated rings. The summed E-state index contributed by atoms with van der Waals surface area (Å²) in [6, 6.07) is 18.5. The van der Waals surface area contributed by atoms with Gasteiger partial charge in [-0.25, -0.2) is 4.39 Å². The molecular formula is C22H22FNO2. The van der Waals surface area contributed by atoms with Gasteiger partial charge in [-0.2, -0.15) is 0 Å². The molecule has 0 atom stereocenters. The molecule has 0 bridgehead atoms. The molecule has 0 heterocycles. The molecule has 0 aliphatic heterocycles. The second-order valence-corrected chi connectivity index (χ2v) is 6.01. The maximum atomic E-state index is 14.2. The van der Waals surface area contributed by atoms with Crippen molar-refractivity contribution < 1.29 is 13.9 Å². The lowest BCUT2D eigenvalue weighted by molar-refractivity contribution is 0.290. The first-order valence-corrected chi connectivity index (χ1v) is 8.45. The van der Waals surface area contributed by atoms with Crippen LogP contribution >= 0.6 is 0 Å². The Morgan fingerprint density at radius 3 is 2.38 bits per heavy atom. The number of rotatable bonds is 6. The highest BCUT2D eigenvalue weighted by molar-refractivity contribution is 5.66. The Hall–Kier alpha value is -3.01. The molecule has 0 saturated heterocycles. The van der Waals surface area contributed by atoms with Crippen molar-refractivity contribution in [1.29, 1.82) is 0 Å². The van der Waals surface area contributed by atoms with Gasteiger partial charge in [0.25, 0.3) is 0 Å². The molecule has 0 aromatic heterocycles. The molecule has 0 aliphatic rings. The molecule has 0 spiro atoms. The zero-order valence-corrected chi connectivity index (χ0v) is 15.2. The van der Waals surface area contributed by atoms with E-state index in [1.165, 1.54) is 6.07 Å². The fourth-order valence-corrected chi connectivity index (χ4v) is 2.86. The van der Waals surface area contributed by atoms with Crippen LogP contribution in [0.25, 0.3) is 11.1 Å². The van der Waals surface area contributed by atoms with Gasteiger partial charge in [-0.1, -0.05) is 30.3 Å². The van der Waals surface area contributed by atoms with Crippen molar-refractivity contribution in [2.75, 3.05) is 19.5 Å². The fourth-order valence-electron chi connectivity index (χ4n) is 2.86. The van der Waals surface area contributed by atoms with Gasteiger partial charge in [0.2, 0.25) is 0 Å². The summed E-state index contributed by atoms with van der Waals surface area (Å²) in [6.07, 6.45) is 0. The first kappa shape index (κ1) is 17.8. The van der Waals surface area contributed by atoms with Crippen LogP contribution in [0.5, 0.6) is 11.5 Å². The van der Waals surface area contributed by atoms with E-state index in [1.54, 1.807) is 19.2 Å². The molecule has 3 aromatic rings. The average Bonchev–Trinajstić information content (AvgIpc) is 2.68. The second kappa shape index (κ2) is 7.91. The van der Waals surface area contributed by atoms with Gasteiger partial charge in [0.15, 0.2) is 11.6 Å². The van der Waals surface area contributed by atoms with Gasteiger partial charge < -0.3 is 14.8 Å². The van der Waals surface area contributed by atoms with Crippen LogP contribution in [0.1, 0.15) is 11.1 Å². The highest BCUT2D eigenvalue weighted by Gasteiger charge is 2.10. The van der Waals surface area contributed by atoms with Gasteiger partial charge in [0, 0.05) is 18.3 Å². The van der Waals surface area contributed by atoms with Crippen LogP contribution < -0.4 is 14.8 Å². The molecule has 0 unspecified atom stereocenters. The van der Waals surface area contributed by atoms with Crippen molar-refractivity contribution in [1.82, 2.24) is 0 Å². The Kier molecular flexibility index (Phi) is 5.42. The third kappa shape index (κ3) is 3.80. The molecule has 3 rings (SSSR count). The van der Waals surface area contributed by atoms with Crippen LogP contribution in [0, 0.1) is 12.7 Å². The van der Waals surface area contributed by atoms with Crippen LogP contribution in [0.2, 0.25) is 0 Å². The minimum atomic E-state index is -0.373. The number of hydrogen-bond donors (Lipinski definition) is 1. The summed E-state index contributed by atoms with van der Waals surface area (Å²) in [6.45, 7) is 2.31. The van der Waals surface area contributed by atoms with Crippen molar-refractivity contribution >= 4 is 5.69 Å². The molecular weight excluding hydrogens is 329 g/mol. The van der Waals surface area contributed by atoms with Crippen LogP contribution in [0.15, 0.2) is 60.7 Å². The van der Waals surface area contributed by atoms with E-state index in [2.05, 4.69) is 5.32 Å². The van der Waals surface area contributed by atoms with Crippen LogP contribution in [-0.2, 0) is 6.61 Å². The third-order valence-corrected chi connectivity index (χ3v) is 4.41. The normalized spacial score (nSPS) is 10.5. The van der Waals surface area contributed by atoms with Gasteiger partial charge >= 0.3 is 0 Å². The smallest absolute Gasteiger partial charge is 0.165 e. The molecule has 3 aromatic carbocycles. The summed E-state index contributed by atoms with van der Waals surface area (Å²) in [5, 5.41) is 3.15. The molecule has 1 N–H and O–H groups in total. The molecule has 26 heavy (non-hydrogen) atoms. The maximum Gasteiger partial charge on any atom is 0.165 e.